The normalized spacial score (nSPS) is 18.6. The van der Waals surface area contributed by atoms with E-state index in [2.05, 4.69) is 0 Å². The lowest BCUT2D eigenvalue weighted by molar-refractivity contribution is -0.149. The molecular formula is C15H19NO4. The molecular weight excluding hydrogens is 258 g/mol. The molecule has 1 aromatic carbocycles. The number of benzene rings is 1. The monoisotopic (exact) mass is 277 g/mol. The van der Waals surface area contributed by atoms with Crippen molar-refractivity contribution in [3.05, 3.63) is 29.8 Å². The quantitative estimate of drug-likeness (QED) is 0.857. The van der Waals surface area contributed by atoms with E-state index in [9.17, 15) is 14.7 Å². The molecule has 0 radical (unpaired) electrons. The van der Waals surface area contributed by atoms with E-state index in [4.69, 9.17) is 4.74 Å². The van der Waals surface area contributed by atoms with Crippen LogP contribution in [0.4, 0.5) is 0 Å². The minimum absolute atomic E-state index is 0.113. The van der Waals surface area contributed by atoms with Crippen LogP contribution in [0, 0.1) is 0 Å². The molecule has 1 N–H and O–H groups in total. The Labute approximate surface area is 118 Å². The number of phenols is 1. The van der Waals surface area contributed by atoms with Crippen LogP contribution in [0.2, 0.25) is 0 Å². The maximum absolute atomic E-state index is 12.5. The molecule has 1 fully saturated rings. The highest BCUT2D eigenvalue weighted by atomic mass is 16.5. The Morgan fingerprint density at radius 2 is 2.00 bits per heavy atom. The molecule has 5 nitrogen and oxygen atoms in total. The molecule has 108 valence electrons. The molecule has 2 rings (SSSR count). The summed E-state index contributed by atoms with van der Waals surface area (Å²) in [4.78, 5) is 26.0. The summed E-state index contributed by atoms with van der Waals surface area (Å²) < 4.78 is 5.04. The van der Waals surface area contributed by atoms with Crippen molar-refractivity contribution in [2.75, 3.05) is 13.2 Å². The standard InChI is InChI=1S/C15H19NO4/c1-2-20-15(19)13-5-3-4-10-16(13)14(18)11-6-8-12(17)9-7-11/h6-9,13,17H,2-5,10H2,1H3. The van der Waals surface area contributed by atoms with Gasteiger partial charge < -0.3 is 14.7 Å². The maximum atomic E-state index is 12.5. The summed E-state index contributed by atoms with van der Waals surface area (Å²) in [5.41, 5.74) is 0.471. The van der Waals surface area contributed by atoms with E-state index in [-0.39, 0.29) is 17.6 Å². The third-order valence-corrected chi connectivity index (χ3v) is 3.44. The third-order valence-electron chi connectivity index (χ3n) is 3.44. The number of carbonyl (C=O) groups is 2. The zero-order chi connectivity index (χ0) is 14.5. The van der Waals surface area contributed by atoms with Crippen molar-refractivity contribution in [3.63, 3.8) is 0 Å². The Kier molecular flexibility index (Phi) is 4.61. The van der Waals surface area contributed by atoms with Gasteiger partial charge in [0.1, 0.15) is 11.8 Å². The molecule has 0 spiro atoms. The average Bonchev–Trinajstić information content (AvgIpc) is 2.47. The van der Waals surface area contributed by atoms with Crippen molar-refractivity contribution in [1.82, 2.24) is 4.90 Å². The minimum Gasteiger partial charge on any atom is -0.508 e. The maximum Gasteiger partial charge on any atom is 0.328 e. The minimum atomic E-state index is -0.495. The van der Waals surface area contributed by atoms with E-state index in [1.54, 1.807) is 24.0 Å². The van der Waals surface area contributed by atoms with Gasteiger partial charge in [0.2, 0.25) is 0 Å². The Hall–Kier alpha value is -2.04. The van der Waals surface area contributed by atoms with E-state index in [0.29, 0.717) is 25.1 Å². The zero-order valence-corrected chi connectivity index (χ0v) is 11.5. The molecule has 1 aromatic rings. The van der Waals surface area contributed by atoms with E-state index in [0.717, 1.165) is 12.8 Å². The highest BCUT2D eigenvalue weighted by Gasteiger charge is 2.33. The lowest BCUT2D eigenvalue weighted by atomic mass is 10.0. The molecule has 1 amide bonds. The first kappa shape index (κ1) is 14.4. The number of nitrogens with zero attached hydrogens (tertiary/aromatic N) is 1. The number of rotatable bonds is 3. The summed E-state index contributed by atoms with van der Waals surface area (Å²) in [6.45, 7) is 2.63. The molecule has 0 saturated carbocycles. The molecule has 5 heteroatoms. The van der Waals surface area contributed by atoms with Crippen molar-refractivity contribution in [2.45, 2.75) is 32.2 Å². The van der Waals surface area contributed by atoms with Gasteiger partial charge in [-0.25, -0.2) is 4.79 Å². The van der Waals surface area contributed by atoms with Gasteiger partial charge in [0.25, 0.3) is 5.91 Å². The van der Waals surface area contributed by atoms with Crippen molar-refractivity contribution in [2.24, 2.45) is 0 Å². The van der Waals surface area contributed by atoms with Gasteiger partial charge in [-0.3, -0.25) is 4.79 Å². The first-order valence-electron chi connectivity index (χ1n) is 6.90. The van der Waals surface area contributed by atoms with Gasteiger partial charge in [0, 0.05) is 12.1 Å². The second-order valence-electron chi connectivity index (χ2n) is 4.81. The van der Waals surface area contributed by atoms with Gasteiger partial charge in [-0.1, -0.05) is 0 Å². The molecule has 1 atom stereocenters. The fourth-order valence-electron chi connectivity index (χ4n) is 2.43. The predicted octanol–water partition coefficient (Wildman–Crippen LogP) is 1.95. The number of hydrogen-bond acceptors (Lipinski definition) is 4. The van der Waals surface area contributed by atoms with E-state index in [1.165, 1.54) is 12.1 Å². The summed E-state index contributed by atoms with van der Waals surface area (Å²) in [6, 6.07) is 5.57. The SMILES string of the molecule is CCOC(=O)C1CCCCN1C(=O)c1ccc(O)cc1. The first-order chi connectivity index (χ1) is 9.63. The van der Waals surface area contributed by atoms with Crippen LogP contribution in [-0.4, -0.2) is 41.1 Å². The smallest absolute Gasteiger partial charge is 0.328 e. The second kappa shape index (κ2) is 6.41. The number of carbonyl (C=O) groups excluding carboxylic acids is 2. The number of phenolic OH excluding ortho intramolecular Hbond substituents is 1. The van der Waals surface area contributed by atoms with Crippen LogP contribution in [0.25, 0.3) is 0 Å². The topological polar surface area (TPSA) is 66.8 Å². The first-order valence-corrected chi connectivity index (χ1v) is 6.90. The van der Waals surface area contributed by atoms with Gasteiger partial charge in [0.15, 0.2) is 0 Å². The van der Waals surface area contributed by atoms with Crippen LogP contribution in [0.15, 0.2) is 24.3 Å². The molecule has 0 aromatic heterocycles. The van der Waals surface area contributed by atoms with Crippen LogP contribution in [-0.2, 0) is 9.53 Å². The number of piperidine rings is 1. The van der Waals surface area contributed by atoms with Crippen LogP contribution in [0.3, 0.4) is 0 Å². The number of likely N-dealkylation sites (tertiary alicyclic amines) is 1. The number of esters is 1. The predicted molar refractivity (Wildman–Crippen MR) is 73.4 cm³/mol. The van der Waals surface area contributed by atoms with Crippen LogP contribution < -0.4 is 0 Å². The van der Waals surface area contributed by atoms with Gasteiger partial charge in [-0.05, 0) is 50.5 Å². The van der Waals surface area contributed by atoms with Crippen molar-refractivity contribution < 1.29 is 19.4 Å². The van der Waals surface area contributed by atoms with E-state index in [1.807, 2.05) is 0 Å². The Morgan fingerprint density at radius 1 is 1.30 bits per heavy atom. The summed E-state index contributed by atoms with van der Waals surface area (Å²) in [5, 5.41) is 9.26. The van der Waals surface area contributed by atoms with Crippen LogP contribution in [0.5, 0.6) is 5.75 Å². The summed E-state index contributed by atoms with van der Waals surface area (Å²) in [6.07, 6.45) is 2.45. The van der Waals surface area contributed by atoms with E-state index >= 15 is 0 Å². The number of ether oxygens (including phenoxy) is 1. The molecule has 1 saturated heterocycles. The number of amides is 1. The van der Waals surface area contributed by atoms with Gasteiger partial charge in [-0.15, -0.1) is 0 Å². The molecule has 20 heavy (non-hydrogen) atoms. The third kappa shape index (κ3) is 3.10. The molecule has 1 aliphatic rings. The highest BCUT2D eigenvalue weighted by molar-refractivity contribution is 5.97. The van der Waals surface area contributed by atoms with Gasteiger partial charge in [0.05, 0.1) is 6.61 Å². The zero-order valence-electron chi connectivity index (χ0n) is 11.5. The molecule has 0 bridgehead atoms. The van der Waals surface area contributed by atoms with Crippen LogP contribution >= 0.6 is 0 Å². The van der Waals surface area contributed by atoms with Crippen LogP contribution in [0.1, 0.15) is 36.5 Å². The number of hydrogen-bond donors (Lipinski definition) is 1. The molecule has 1 unspecified atom stereocenters. The van der Waals surface area contributed by atoms with Crippen molar-refractivity contribution >= 4 is 11.9 Å². The number of aromatic hydroxyl groups is 1. The summed E-state index contributed by atoms with van der Waals surface area (Å²) in [7, 11) is 0. The van der Waals surface area contributed by atoms with Crippen molar-refractivity contribution in [1.29, 1.82) is 0 Å². The fourth-order valence-corrected chi connectivity index (χ4v) is 2.43. The molecule has 1 heterocycles. The Bertz CT molecular complexity index is 483. The van der Waals surface area contributed by atoms with Gasteiger partial charge >= 0.3 is 5.97 Å². The average molecular weight is 277 g/mol. The second-order valence-corrected chi connectivity index (χ2v) is 4.81. The lowest BCUT2D eigenvalue weighted by Gasteiger charge is -2.34. The lowest BCUT2D eigenvalue weighted by Crippen LogP contribution is -2.48. The summed E-state index contributed by atoms with van der Waals surface area (Å²) in [5.74, 6) is -0.413. The molecule has 0 aliphatic carbocycles. The summed E-state index contributed by atoms with van der Waals surface area (Å²) >= 11 is 0. The Balaban J connectivity index is 2.16. The highest BCUT2D eigenvalue weighted by Crippen LogP contribution is 2.21. The van der Waals surface area contributed by atoms with E-state index < -0.39 is 6.04 Å². The fraction of sp³-hybridized carbons (Fsp3) is 0.467. The van der Waals surface area contributed by atoms with Gasteiger partial charge in [-0.2, -0.15) is 0 Å². The molecule has 1 aliphatic heterocycles. The Morgan fingerprint density at radius 3 is 2.65 bits per heavy atom. The van der Waals surface area contributed by atoms with Crippen molar-refractivity contribution in [3.8, 4) is 5.75 Å². The largest absolute Gasteiger partial charge is 0.508 e.